The first-order chi connectivity index (χ1) is 28.7. The van der Waals surface area contributed by atoms with E-state index in [0.717, 1.165) is 48.8 Å². The molecule has 0 radical (unpaired) electrons. The quantitative estimate of drug-likeness (QED) is 0.110. The molecule has 0 saturated carbocycles. The monoisotopic (exact) mass is 752 g/mol. The minimum Gasteiger partial charge on any atom is -0.320 e. The van der Waals surface area contributed by atoms with Crippen molar-refractivity contribution in [1.29, 1.82) is 0 Å². The van der Waals surface area contributed by atoms with E-state index in [-0.39, 0.29) is 0 Å². The molecule has 10 rings (SSSR count). The normalized spacial score (nSPS) is 16.7. The van der Waals surface area contributed by atoms with E-state index >= 15 is 0 Å². The summed E-state index contributed by atoms with van der Waals surface area (Å²) in [6, 6.07) is 37.3. The third-order valence-electron chi connectivity index (χ3n) is 12.6. The molecular formula is C54H48N4. The summed E-state index contributed by atoms with van der Waals surface area (Å²) in [5.41, 5.74) is 18.2. The van der Waals surface area contributed by atoms with E-state index in [0.29, 0.717) is 18.2 Å². The number of nitrogens with zero attached hydrogens (tertiary/aromatic N) is 4. The van der Waals surface area contributed by atoms with Crippen LogP contribution in [0.5, 0.6) is 0 Å². The Morgan fingerprint density at radius 3 is 2.57 bits per heavy atom. The maximum absolute atomic E-state index is 5.38. The maximum Gasteiger partial charge on any atom is 0.161 e. The van der Waals surface area contributed by atoms with Crippen molar-refractivity contribution in [2.24, 2.45) is 15.0 Å². The number of allylic oxidation sites excluding steroid dienone is 9. The van der Waals surface area contributed by atoms with Gasteiger partial charge >= 0.3 is 0 Å². The van der Waals surface area contributed by atoms with Gasteiger partial charge in [0, 0.05) is 40.5 Å². The zero-order chi connectivity index (χ0) is 39.0. The van der Waals surface area contributed by atoms with Crippen molar-refractivity contribution in [3.8, 4) is 22.3 Å². The van der Waals surface area contributed by atoms with Crippen molar-refractivity contribution in [1.82, 2.24) is 4.57 Å². The molecule has 0 N–H and O–H groups in total. The molecule has 4 aliphatic rings. The fourth-order valence-corrected chi connectivity index (χ4v) is 9.88. The summed E-state index contributed by atoms with van der Waals surface area (Å²) >= 11 is 0. The number of amidine groups is 2. The van der Waals surface area contributed by atoms with Crippen LogP contribution in [0.25, 0.3) is 49.6 Å². The van der Waals surface area contributed by atoms with Crippen LogP contribution < -0.4 is 0 Å². The molecule has 5 aromatic carbocycles. The molecule has 0 atom stereocenters. The molecule has 58 heavy (non-hydrogen) atoms. The standard InChI is InChI=1S/C54H48N4/c1-3-15-43-40(32-37-17-8-10-23-44(37)43)30-31-56-53(57-54(55-2)48-27-14-26-47-45-24-11-9-18-39(45)34-49(47)48)41-20-13-19-38(33-41)50-35-58(42-21-5-4-6-22-42)51-29-28-36-16-7-12-25-46(36)52(50)51/h3-5,7,9,11-16,18-21,24-29,33,35H,2,6,8,10,17,22-23,30-32,34H2,1H3/b15-3-,56-53-,57-54-. The van der Waals surface area contributed by atoms with Crippen molar-refractivity contribution in [2.75, 3.05) is 6.54 Å². The second kappa shape index (κ2) is 15.5. The van der Waals surface area contributed by atoms with Crippen LogP contribution in [0.1, 0.15) is 80.5 Å². The van der Waals surface area contributed by atoms with Crippen LogP contribution in [-0.4, -0.2) is 29.5 Å². The van der Waals surface area contributed by atoms with Crippen molar-refractivity contribution < 1.29 is 0 Å². The van der Waals surface area contributed by atoms with E-state index in [1.54, 1.807) is 11.1 Å². The second-order valence-electron chi connectivity index (χ2n) is 16.0. The Morgan fingerprint density at radius 2 is 1.67 bits per heavy atom. The molecule has 1 aromatic heterocycles. The fourth-order valence-electron chi connectivity index (χ4n) is 9.88. The number of rotatable bonds is 8. The predicted octanol–water partition coefficient (Wildman–Crippen LogP) is 13.7. The number of benzene rings is 5. The van der Waals surface area contributed by atoms with Gasteiger partial charge < -0.3 is 4.57 Å². The van der Waals surface area contributed by atoms with Crippen LogP contribution in [0.3, 0.4) is 0 Å². The van der Waals surface area contributed by atoms with Gasteiger partial charge in [-0.05, 0) is 139 Å². The first-order valence-corrected chi connectivity index (χ1v) is 21.0. The molecule has 0 bridgehead atoms. The number of hydrogen-bond donors (Lipinski definition) is 0. The van der Waals surface area contributed by atoms with E-state index in [1.165, 1.54) is 92.0 Å². The van der Waals surface area contributed by atoms with Gasteiger partial charge in [-0.1, -0.05) is 126 Å². The highest BCUT2D eigenvalue weighted by molar-refractivity contribution is 6.16. The van der Waals surface area contributed by atoms with E-state index in [4.69, 9.17) is 9.98 Å². The molecular weight excluding hydrogens is 705 g/mol. The molecule has 4 heteroatoms. The van der Waals surface area contributed by atoms with Gasteiger partial charge in [0.05, 0.1) is 5.52 Å². The van der Waals surface area contributed by atoms with Crippen LogP contribution in [0.2, 0.25) is 0 Å². The molecule has 0 unspecified atom stereocenters. The van der Waals surface area contributed by atoms with E-state index in [1.807, 2.05) is 0 Å². The largest absolute Gasteiger partial charge is 0.320 e. The molecule has 0 saturated heterocycles. The number of aromatic nitrogens is 1. The van der Waals surface area contributed by atoms with E-state index in [9.17, 15) is 0 Å². The van der Waals surface area contributed by atoms with Crippen molar-refractivity contribution in [3.63, 3.8) is 0 Å². The molecule has 4 aliphatic carbocycles. The summed E-state index contributed by atoms with van der Waals surface area (Å²) < 4.78 is 2.40. The lowest BCUT2D eigenvalue weighted by atomic mass is 9.91. The summed E-state index contributed by atoms with van der Waals surface area (Å²) in [5.74, 6) is 1.30. The summed E-state index contributed by atoms with van der Waals surface area (Å²) in [6.07, 6.45) is 23.5. The van der Waals surface area contributed by atoms with Crippen LogP contribution in [0.15, 0.2) is 177 Å². The molecule has 0 spiro atoms. The summed E-state index contributed by atoms with van der Waals surface area (Å²) in [5, 5.41) is 3.76. The molecule has 284 valence electrons. The number of fused-ring (bicyclic) bond motifs is 6. The van der Waals surface area contributed by atoms with Gasteiger partial charge in [0.2, 0.25) is 0 Å². The lowest BCUT2D eigenvalue weighted by Gasteiger charge is -2.15. The average molecular weight is 753 g/mol. The summed E-state index contributed by atoms with van der Waals surface area (Å²) in [7, 11) is 0. The highest BCUT2D eigenvalue weighted by Gasteiger charge is 2.26. The lowest BCUT2D eigenvalue weighted by Crippen LogP contribution is -2.08. The number of aliphatic imine (C=N–C) groups is 3. The van der Waals surface area contributed by atoms with Crippen molar-refractivity contribution in [2.45, 2.75) is 64.7 Å². The van der Waals surface area contributed by atoms with Crippen molar-refractivity contribution in [3.05, 3.63) is 184 Å². The maximum atomic E-state index is 5.38. The number of hydrogen-bond acceptors (Lipinski definition) is 1. The Hall–Kier alpha value is -6.39. The Kier molecular flexibility index (Phi) is 9.62. The zero-order valence-corrected chi connectivity index (χ0v) is 33.3. The SMILES string of the molecule is C=N/C(=N\C(=N/CCC1=C(/C=C\C)C2=C(CCCC2)C1)c1cccc(-c2cn(C3=CC=CCC3)c3ccc4ccccc4c23)c1)c1cccc2c1Cc1ccccc1-2. The highest BCUT2D eigenvalue weighted by atomic mass is 15.0. The van der Waals surface area contributed by atoms with Crippen LogP contribution in [0.4, 0.5) is 0 Å². The third-order valence-corrected chi connectivity index (χ3v) is 12.6. The van der Waals surface area contributed by atoms with Gasteiger partial charge in [0.25, 0.3) is 0 Å². The van der Waals surface area contributed by atoms with Crippen LogP contribution >= 0.6 is 0 Å². The van der Waals surface area contributed by atoms with Crippen LogP contribution in [0, 0.1) is 0 Å². The van der Waals surface area contributed by atoms with Gasteiger partial charge in [-0.15, -0.1) is 0 Å². The Balaban J connectivity index is 1.09. The minimum absolute atomic E-state index is 0.612. The first-order valence-electron chi connectivity index (χ1n) is 21.0. The highest BCUT2D eigenvalue weighted by Crippen LogP contribution is 2.43. The third kappa shape index (κ3) is 6.47. The summed E-state index contributed by atoms with van der Waals surface area (Å²) in [6.45, 7) is 6.86. The Labute approximate surface area is 341 Å². The predicted molar refractivity (Wildman–Crippen MR) is 246 cm³/mol. The molecule has 6 aromatic rings. The molecule has 1 heterocycles. The molecule has 0 fully saturated rings. The van der Waals surface area contributed by atoms with Crippen molar-refractivity contribution >= 4 is 45.8 Å². The van der Waals surface area contributed by atoms with Gasteiger partial charge in [0.1, 0.15) is 0 Å². The Bertz CT molecular complexity index is 2860. The smallest absolute Gasteiger partial charge is 0.161 e. The van der Waals surface area contributed by atoms with Gasteiger partial charge in [-0.3, -0.25) is 4.99 Å². The van der Waals surface area contributed by atoms with Gasteiger partial charge in [-0.2, -0.15) is 0 Å². The van der Waals surface area contributed by atoms with Crippen LogP contribution in [-0.2, 0) is 6.42 Å². The zero-order valence-electron chi connectivity index (χ0n) is 33.3. The molecule has 4 nitrogen and oxygen atoms in total. The lowest BCUT2D eigenvalue weighted by molar-refractivity contribution is 0.676. The van der Waals surface area contributed by atoms with E-state index in [2.05, 4.69) is 163 Å². The fraction of sp³-hybridized carbons (Fsp3) is 0.204. The van der Waals surface area contributed by atoms with E-state index < -0.39 is 0 Å². The Morgan fingerprint density at radius 1 is 0.810 bits per heavy atom. The second-order valence-corrected chi connectivity index (χ2v) is 16.0. The average Bonchev–Trinajstić information content (AvgIpc) is 3.97. The first kappa shape index (κ1) is 36.0. The topological polar surface area (TPSA) is 42.0 Å². The molecule has 0 aliphatic heterocycles. The van der Waals surface area contributed by atoms with Gasteiger partial charge in [-0.25, -0.2) is 9.98 Å². The molecule has 0 amide bonds. The van der Waals surface area contributed by atoms with Gasteiger partial charge in [0.15, 0.2) is 11.7 Å². The minimum atomic E-state index is 0.612. The summed E-state index contributed by atoms with van der Waals surface area (Å²) in [4.78, 5) is 15.4.